The van der Waals surface area contributed by atoms with Gasteiger partial charge in [-0.3, -0.25) is 9.78 Å². The predicted molar refractivity (Wildman–Crippen MR) is 47.0 cm³/mol. The molecule has 0 aliphatic carbocycles. The normalized spacial score (nSPS) is 10.5. The van der Waals surface area contributed by atoms with Crippen molar-refractivity contribution < 1.29 is 13.6 Å². The average molecular weight is 250 g/mol. The molecular weight excluding hydrogens is 244 g/mol. The van der Waals surface area contributed by atoms with E-state index in [9.17, 15) is 13.6 Å². The first-order valence-corrected chi connectivity index (χ1v) is 4.25. The van der Waals surface area contributed by atoms with Crippen LogP contribution >= 0.6 is 15.9 Å². The topological polar surface area (TPSA) is 30.0 Å². The minimum absolute atomic E-state index is 0.0376. The number of rotatable bonds is 2. The summed E-state index contributed by atoms with van der Waals surface area (Å²) < 4.78 is 25.0. The molecule has 2 nitrogen and oxygen atoms in total. The molecule has 1 aromatic heterocycles. The van der Waals surface area contributed by atoms with Crippen LogP contribution in [0.15, 0.2) is 10.7 Å². The number of carbonyl (C=O) groups is 1. The first kappa shape index (κ1) is 10.2. The minimum atomic E-state index is -2.67. The summed E-state index contributed by atoms with van der Waals surface area (Å²) >= 11 is 2.92. The van der Waals surface area contributed by atoms with E-state index in [1.54, 1.807) is 0 Å². The Kier molecular flexibility index (Phi) is 3.08. The largest absolute Gasteiger partial charge is 0.298 e. The summed E-state index contributed by atoms with van der Waals surface area (Å²) in [6, 6.07) is 0. The van der Waals surface area contributed by atoms with Crippen LogP contribution in [0.5, 0.6) is 0 Å². The average Bonchev–Trinajstić information content (AvgIpc) is 2.07. The van der Waals surface area contributed by atoms with E-state index in [0.29, 0.717) is 12.0 Å². The molecule has 0 fully saturated rings. The molecule has 5 heteroatoms. The molecule has 1 aromatic rings. The van der Waals surface area contributed by atoms with E-state index in [0.717, 1.165) is 0 Å². The lowest BCUT2D eigenvalue weighted by atomic mass is 10.1. The van der Waals surface area contributed by atoms with Crippen molar-refractivity contribution in [3.05, 3.63) is 27.5 Å². The molecule has 1 rings (SSSR count). The van der Waals surface area contributed by atoms with Gasteiger partial charge in [-0.2, -0.15) is 0 Å². The Morgan fingerprint density at radius 2 is 2.23 bits per heavy atom. The molecule has 0 spiro atoms. The SMILES string of the molecule is Cc1ncc(Br)c(C(F)F)c1C=O. The van der Waals surface area contributed by atoms with Gasteiger partial charge in [0.15, 0.2) is 6.29 Å². The number of hydrogen-bond acceptors (Lipinski definition) is 2. The first-order chi connectivity index (χ1) is 6.07. The fraction of sp³-hybridized carbons (Fsp3) is 0.250. The van der Waals surface area contributed by atoms with Gasteiger partial charge in [0.1, 0.15) is 0 Å². The standard InChI is InChI=1S/C8H6BrF2NO/c1-4-5(3-13)7(8(10)11)6(9)2-12-4/h2-3,8H,1H3. The lowest BCUT2D eigenvalue weighted by Gasteiger charge is -2.07. The number of aldehydes is 1. The van der Waals surface area contributed by atoms with E-state index in [-0.39, 0.29) is 15.6 Å². The zero-order valence-corrected chi connectivity index (χ0v) is 8.31. The van der Waals surface area contributed by atoms with Gasteiger partial charge in [-0.15, -0.1) is 0 Å². The van der Waals surface area contributed by atoms with Crippen LogP contribution in [-0.4, -0.2) is 11.3 Å². The molecule has 0 N–H and O–H groups in total. The Morgan fingerprint density at radius 3 is 2.62 bits per heavy atom. The van der Waals surface area contributed by atoms with E-state index >= 15 is 0 Å². The maximum absolute atomic E-state index is 12.4. The molecule has 0 aromatic carbocycles. The van der Waals surface area contributed by atoms with Crippen LogP contribution in [0.1, 0.15) is 28.0 Å². The Hall–Kier alpha value is -0.840. The summed E-state index contributed by atoms with van der Waals surface area (Å²) in [6.07, 6.45) is -1.01. The highest BCUT2D eigenvalue weighted by Crippen LogP contribution is 2.30. The van der Waals surface area contributed by atoms with Crippen molar-refractivity contribution in [2.24, 2.45) is 0 Å². The number of nitrogens with zero attached hydrogens (tertiary/aromatic N) is 1. The molecule has 0 radical (unpaired) electrons. The van der Waals surface area contributed by atoms with Crippen LogP contribution in [0, 0.1) is 6.92 Å². The fourth-order valence-corrected chi connectivity index (χ4v) is 1.48. The van der Waals surface area contributed by atoms with Crippen LogP contribution in [0.25, 0.3) is 0 Å². The van der Waals surface area contributed by atoms with Gasteiger partial charge in [0.25, 0.3) is 6.43 Å². The zero-order valence-electron chi connectivity index (χ0n) is 6.72. The quantitative estimate of drug-likeness (QED) is 0.755. The zero-order chi connectivity index (χ0) is 10.0. The number of halogens is 3. The molecule has 0 bridgehead atoms. The van der Waals surface area contributed by atoms with Crippen molar-refractivity contribution in [2.45, 2.75) is 13.3 Å². The van der Waals surface area contributed by atoms with Crippen LogP contribution < -0.4 is 0 Å². The number of hydrogen-bond donors (Lipinski definition) is 0. The molecule has 70 valence electrons. The molecule has 0 aliphatic heterocycles. The van der Waals surface area contributed by atoms with Crippen LogP contribution in [-0.2, 0) is 0 Å². The highest BCUT2D eigenvalue weighted by atomic mass is 79.9. The molecule has 1 heterocycles. The molecule has 13 heavy (non-hydrogen) atoms. The summed E-state index contributed by atoms with van der Waals surface area (Å²) in [5.41, 5.74) is -0.0135. The number of aromatic nitrogens is 1. The molecule has 0 aliphatic rings. The van der Waals surface area contributed by atoms with Crippen LogP contribution in [0.3, 0.4) is 0 Å². The second-order valence-corrected chi connectivity index (χ2v) is 3.29. The summed E-state index contributed by atoms with van der Waals surface area (Å²) in [7, 11) is 0. The first-order valence-electron chi connectivity index (χ1n) is 3.46. The Labute approximate surface area is 82.1 Å². The Balaban J connectivity index is 3.43. The van der Waals surface area contributed by atoms with Gasteiger partial charge in [-0.1, -0.05) is 0 Å². The summed E-state index contributed by atoms with van der Waals surface area (Å²) in [6.45, 7) is 1.52. The molecular formula is C8H6BrF2NO. The Bertz CT molecular complexity index is 341. The maximum atomic E-state index is 12.4. The van der Waals surface area contributed by atoms with E-state index < -0.39 is 6.43 Å². The molecule has 0 saturated carbocycles. The number of carbonyl (C=O) groups excluding carboxylic acids is 1. The second-order valence-electron chi connectivity index (χ2n) is 2.44. The van der Waals surface area contributed by atoms with Crippen molar-refractivity contribution >= 4 is 22.2 Å². The number of pyridine rings is 1. The number of aryl methyl sites for hydroxylation is 1. The van der Waals surface area contributed by atoms with Gasteiger partial charge in [-0.25, -0.2) is 8.78 Å². The van der Waals surface area contributed by atoms with Crippen molar-refractivity contribution in [3.8, 4) is 0 Å². The molecule has 0 unspecified atom stereocenters. The maximum Gasteiger partial charge on any atom is 0.265 e. The third-order valence-electron chi connectivity index (χ3n) is 1.64. The van der Waals surface area contributed by atoms with E-state index in [1.165, 1.54) is 13.1 Å². The second kappa shape index (κ2) is 3.91. The summed E-state index contributed by atoms with van der Waals surface area (Å²) in [4.78, 5) is 14.3. The third-order valence-corrected chi connectivity index (χ3v) is 2.28. The molecule has 0 amide bonds. The van der Waals surface area contributed by atoms with Gasteiger partial charge in [0, 0.05) is 27.5 Å². The third kappa shape index (κ3) is 1.91. The lowest BCUT2D eigenvalue weighted by molar-refractivity contribution is 0.110. The van der Waals surface area contributed by atoms with Crippen molar-refractivity contribution in [1.82, 2.24) is 4.98 Å². The summed E-state index contributed by atoms with van der Waals surface area (Å²) in [5.74, 6) is 0. The van der Waals surface area contributed by atoms with E-state index in [4.69, 9.17) is 0 Å². The van der Waals surface area contributed by atoms with Crippen molar-refractivity contribution in [2.75, 3.05) is 0 Å². The molecule has 0 saturated heterocycles. The fourth-order valence-electron chi connectivity index (χ4n) is 0.987. The van der Waals surface area contributed by atoms with E-state index in [1.807, 2.05) is 0 Å². The lowest BCUT2D eigenvalue weighted by Crippen LogP contribution is -2.00. The van der Waals surface area contributed by atoms with Gasteiger partial charge in [0.05, 0.1) is 0 Å². The van der Waals surface area contributed by atoms with Crippen molar-refractivity contribution in [3.63, 3.8) is 0 Å². The van der Waals surface area contributed by atoms with Gasteiger partial charge in [-0.05, 0) is 22.9 Å². The highest BCUT2D eigenvalue weighted by molar-refractivity contribution is 9.10. The molecule has 0 atom stereocenters. The van der Waals surface area contributed by atoms with E-state index in [2.05, 4.69) is 20.9 Å². The highest BCUT2D eigenvalue weighted by Gasteiger charge is 2.18. The predicted octanol–water partition coefficient (Wildman–Crippen LogP) is 2.90. The van der Waals surface area contributed by atoms with Crippen LogP contribution in [0.2, 0.25) is 0 Å². The Morgan fingerprint density at radius 1 is 1.62 bits per heavy atom. The van der Waals surface area contributed by atoms with Gasteiger partial charge in [0.2, 0.25) is 0 Å². The monoisotopic (exact) mass is 249 g/mol. The van der Waals surface area contributed by atoms with Gasteiger partial charge < -0.3 is 0 Å². The summed E-state index contributed by atoms with van der Waals surface area (Å²) in [5, 5.41) is 0. The number of alkyl halides is 2. The smallest absolute Gasteiger partial charge is 0.265 e. The van der Waals surface area contributed by atoms with Crippen molar-refractivity contribution in [1.29, 1.82) is 0 Å². The van der Waals surface area contributed by atoms with Gasteiger partial charge >= 0.3 is 0 Å². The minimum Gasteiger partial charge on any atom is -0.298 e. The van der Waals surface area contributed by atoms with Crippen LogP contribution in [0.4, 0.5) is 8.78 Å².